The van der Waals surface area contributed by atoms with Crippen LogP contribution in [0.15, 0.2) is 24.3 Å². The number of rotatable bonds is 8. The number of carboxylic acids is 1. The van der Waals surface area contributed by atoms with E-state index in [1.165, 1.54) is 0 Å². The van der Waals surface area contributed by atoms with Crippen molar-refractivity contribution in [1.29, 1.82) is 0 Å². The summed E-state index contributed by atoms with van der Waals surface area (Å²) in [6.45, 7) is 2.12. The molecule has 0 radical (unpaired) electrons. The lowest BCUT2D eigenvalue weighted by Crippen LogP contribution is -2.25. The van der Waals surface area contributed by atoms with Gasteiger partial charge >= 0.3 is 5.97 Å². The average Bonchev–Trinajstić information content (AvgIpc) is 2.99. The summed E-state index contributed by atoms with van der Waals surface area (Å²) >= 11 is 0. The molecule has 7 nitrogen and oxygen atoms in total. The first-order valence-corrected chi connectivity index (χ1v) is 8.49. The van der Waals surface area contributed by atoms with Crippen LogP contribution in [-0.2, 0) is 14.3 Å². The lowest BCUT2D eigenvalue weighted by atomic mass is 10.1. The number of nitrogens with one attached hydrogen (secondary N) is 2. The highest BCUT2D eigenvalue weighted by molar-refractivity contribution is 5.95. The first-order valence-electron chi connectivity index (χ1n) is 8.49. The maximum atomic E-state index is 12.0. The van der Waals surface area contributed by atoms with Crippen LogP contribution in [0.5, 0.6) is 0 Å². The highest BCUT2D eigenvalue weighted by Gasteiger charge is 2.22. The summed E-state index contributed by atoms with van der Waals surface area (Å²) in [7, 11) is 0. The minimum Gasteiger partial charge on any atom is -0.481 e. The van der Waals surface area contributed by atoms with E-state index in [4.69, 9.17) is 9.84 Å². The summed E-state index contributed by atoms with van der Waals surface area (Å²) in [4.78, 5) is 34.2. The fourth-order valence-corrected chi connectivity index (χ4v) is 2.70. The number of carbonyl (C=O) groups excluding carboxylic acids is 2. The van der Waals surface area contributed by atoms with Gasteiger partial charge in [0, 0.05) is 24.2 Å². The fourth-order valence-electron chi connectivity index (χ4n) is 2.70. The van der Waals surface area contributed by atoms with Crippen molar-refractivity contribution in [3.8, 4) is 0 Å². The van der Waals surface area contributed by atoms with Crippen molar-refractivity contribution < 1.29 is 24.2 Å². The molecule has 1 aliphatic heterocycles. The SMILES string of the molecule is CC1CCC(CCC(=O)Nc2ccc(C(=O)NCCC(=O)O)cc2)O1. The van der Waals surface area contributed by atoms with Crippen molar-refractivity contribution in [2.45, 2.75) is 51.2 Å². The number of hydrogen-bond acceptors (Lipinski definition) is 4. The number of amides is 2. The van der Waals surface area contributed by atoms with Crippen LogP contribution in [0.4, 0.5) is 5.69 Å². The van der Waals surface area contributed by atoms with E-state index in [2.05, 4.69) is 10.6 Å². The summed E-state index contributed by atoms with van der Waals surface area (Å²) in [6, 6.07) is 6.48. The Morgan fingerprint density at radius 1 is 1.16 bits per heavy atom. The molecule has 25 heavy (non-hydrogen) atoms. The molecule has 3 N–H and O–H groups in total. The molecule has 1 heterocycles. The van der Waals surface area contributed by atoms with Crippen molar-refractivity contribution in [3.05, 3.63) is 29.8 Å². The molecule has 1 aromatic rings. The maximum absolute atomic E-state index is 12.0. The normalized spacial score (nSPS) is 19.4. The van der Waals surface area contributed by atoms with E-state index in [1.807, 2.05) is 6.92 Å². The Balaban J connectivity index is 1.74. The Morgan fingerprint density at radius 2 is 1.88 bits per heavy atom. The van der Waals surface area contributed by atoms with Crippen LogP contribution in [0.2, 0.25) is 0 Å². The van der Waals surface area contributed by atoms with E-state index < -0.39 is 5.97 Å². The number of carboxylic acid groups (broad SMARTS) is 1. The third-order valence-electron chi connectivity index (χ3n) is 4.07. The molecular formula is C18H24N2O5. The van der Waals surface area contributed by atoms with Crippen LogP contribution in [0.1, 0.15) is 49.4 Å². The van der Waals surface area contributed by atoms with E-state index >= 15 is 0 Å². The standard InChI is InChI=1S/C18H24N2O5/c1-12-2-7-15(25-12)8-9-16(21)20-14-5-3-13(4-6-14)18(24)19-11-10-17(22)23/h3-6,12,15H,2,7-11H2,1H3,(H,19,24)(H,20,21)(H,22,23). The monoisotopic (exact) mass is 348 g/mol. The molecule has 0 aromatic heterocycles. The Morgan fingerprint density at radius 3 is 2.48 bits per heavy atom. The van der Waals surface area contributed by atoms with Crippen LogP contribution in [-0.4, -0.2) is 41.6 Å². The first-order chi connectivity index (χ1) is 11.9. The Bertz CT molecular complexity index is 614. The molecule has 2 atom stereocenters. The Labute approximate surface area is 146 Å². The van der Waals surface area contributed by atoms with Gasteiger partial charge in [0.15, 0.2) is 0 Å². The zero-order valence-electron chi connectivity index (χ0n) is 14.3. The average molecular weight is 348 g/mol. The van der Waals surface area contributed by atoms with Crippen LogP contribution in [0, 0.1) is 0 Å². The zero-order chi connectivity index (χ0) is 18.2. The van der Waals surface area contributed by atoms with Gasteiger partial charge in [-0.15, -0.1) is 0 Å². The van der Waals surface area contributed by atoms with Gasteiger partial charge in [-0.25, -0.2) is 0 Å². The van der Waals surface area contributed by atoms with Gasteiger partial charge in [-0.2, -0.15) is 0 Å². The molecule has 2 unspecified atom stereocenters. The molecule has 136 valence electrons. The number of carbonyl (C=O) groups is 3. The second kappa shape index (κ2) is 9.17. The molecule has 1 fully saturated rings. The minimum absolute atomic E-state index is 0.0779. The van der Waals surface area contributed by atoms with Gasteiger partial charge in [0.1, 0.15) is 0 Å². The van der Waals surface area contributed by atoms with E-state index in [-0.39, 0.29) is 37.0 Å². The van der Waals surface area contributed by atoms with E-state index in [0.29, 0.717) is 24.1 Å². The molecule has 2 rings (SSSR count). The summed E-state index contributed by atoms with van der Waals surface area (Å²) in [5, 5.41) is 13.9. The van der Waals surface area contributed by atoms with Gasteiger partial charge in [0.05, 0.1) is 18.6 Å². The van der Waals surface area contributed by atoms with Crippen LogP contribution < -0.4 is 10.6 Å². The van der Waals surface area contributed by atoms with Crippen LogP contribution in [0.25, 0.3) is 0 Å². The van der Waals surface area contributed by atoms with E-state index in [9.17, 15) is 14.4 Å². The zero-order valence-corrected chi connectivity index (χ0v) is 14.3. The van der Waals surface area contributed by atoms with E-state index in [1.54, 1.807) is 24.3 Å². The Hall–Kier alpha value is -2.41. The van der Waals surface area contributed by atoms with Crippen LogP contribution >= 0.6 is 0 Å². The summed E-state index contributed by atoms with van der Waals surface area (Å²) in [5.74, 6) is -1.38. The van der Waals surface area contributed by atoms with Crippen LogP contribution in [0.3, 0.4) is 0 Å². The van der Waals surface area contributed by atoms with Crippen molar-refractivity contribution in [2.75, 3.05) is 11.9 Å². The van der Waals surface area contributed by atoms with Crippen molar-refractivity contribution in [3.63, 3.8) is 0 Å². The van der Waals surface area contributed by atoms with Gasteiger partial charge in [-0.3, -0.25) is 14.4 Å². The van der Waals surface area contributed by atoms with Gasteiger partial charge in [0.2, 0.25) is 5.91 Å². The third kappa shape index (κ3) is 6.54. The number of anilines is 1. The van der Waals surface area contributed by atoms with Crippen molar-refractivity contribution in [1.82, 2.24) is 5.32 Å². The minimum atomic E-state index is -0.962. The molecule has 0 saturated carbocycles. The molecule has 0 bridgehead atoms. The molecule has 1 aromatic carbocycles. The number of benzene rings is 1. The molecular weight excluding hydrogens is 324 g/mol. The van der Waals surface area contributed by atoms with Gasteiger partial charge in [-0.05, 0) is 50.5 Å². The van der Waals surface area contributed by atoms with E-state index in [0.717, 1.165) is 12.8 Å². The largest absolute Gasteiger partial charge is 0.481 e. The van der Waals surface area contributed by atoms with Gasteiger partial charge in [0.25, 0.3) is 5.91 Å². The predicted octanol–water partition coefficient (Wildman–Crippen LogP) is 2.18. The summed E-state index contributed by atoms with van der Waals surface area (Å²) < 4.78 is 5.69. The van der Waals surface area contributed by atoms with Gasteiger partial charge in [-0.1, -0.05) is 0 Å². The number of ether oxygens (including phenoxy) is 1. The van der Waals surface area contributed by atoms with Gasteiger partial charge < -0.3 is 20.5 Å². The molecule has 7 heteroatoms. The molecule has 2 amide bonds. The Kier molecular flexibility index (Phi) is 6.94. The molecule has 0 aliphatic carbocycles. The third-order valence-corrected chi connectivity index (χ3v) is 4.07. The second-order valence-corrected chi connectivity index (χ2v) is 6.21. The second-order valence-electron chi connectivity index (χ2n) is 6.21. The molecule has 1 aliphatic rings. The highest BCUT2D eigenvalue weighted by atomic mass is 16.5. The maximum Gasteiger partial charge on any atom is 0.305 e. The highest BCUT2D eigenvalue weighted by Crippen LogP contribution is 2.22. The number of aliphatic carboxylic acids is 1. The lowest BCUT2D eigenvalue weighted by Gasteiger charge is -2.11. The first kappa shape index (κ1) is 18.9. The van der Waals surface area contributed by atoms with Crippen molar-refractivity contribution in [2.24, 2.45) is 0 Å². The molecule has 0 spiro atoms. The summed E-state index contributed by atoms with van der Waals surface area (Å²) in [6.07, 6.45) is 3.47. The molecule has 1 saturated heterocycles. The predicted molar refractivity (Wildman–Crippen MR) is 92.5 cm³/mol. The van der Waals surface area contributed by atoms with Crippen molar-refractivity contribution >= 4 is 23.5 Å². The fraction of sp³-hybridized carbons (Fsp3) is 0.500. The summed E-state index contributed by atoms with van der Waals surface area (Å²) in [5.41, 5.74) is 1.03. The topological polar surface area (TPSA) is 105 Å². The smallest absolute Gasteiger partial charge is 0.305 e. The lowest BCUT2D eigenvalue weighted by molar-refractivity contribution is -0.136. The quantitative estimate of drug-likeness (QED) is 0.668. The number of hydrogen-bond donors (Lipinski definition) is 3.